The number of carbonyl (C=O) groups is 2. The topological polar surface area (TPSA) is 137 Å². The smallest absolute Gasteiger partial charge is 0.253 e. The molecule has 8 rings (SSSR count). The molecule has 2 aromatic heterocycles. The van der Waals surface area contributed by atoms with Gasteiger partial charge in [0.25, 0.3) is 22.9 Å². The molecule has 14 heteroatoms. The number of rotatable bonds is 16. The van der Waals surface area contributed by atoms with Crippen molar-refractivity contribution in [3.8, 4) is 0 Å². The van der Waals surface area contributed by atoms with E-state index in [1.54, 1.807) is 12.1 Å². The number of aromatic amines is 2. The number of aromatic nitrogens is 2. The van der Waals surface area contributed by atoms with E-state index in [1.165, 1.54) is 37.9 Å². The van der Waals surface area contributed by atoms with Gasteiger partial charge in [0.2, 0.25) is 0 Å². The Morgan fingerprint density at radius 2 is 1.13 bits per heavy atom. The molecular formula is C56H76Cl2N8O4. The Morgan fingerprint density at radius 1 is 0.643 bits per heavy atom. The van der Waals surface area contributed by atoms with Crippen LogP contribution in [-0.4, -0.2) is 95.0 Å². The third-order valence-electron chi connectivity index (χ3n) is 17.0. The number of amides is 2. The lowest BCUT2D eigenvalue weighted by Gasteiger charge is -2.48. The number of nitrogens with zero attached hydrogens (tertiary/aromatic N) is 4. The van der Waals surface area contributed by atoms with Crippen LogP contribution in [0, 0.1) is 41.5 Å². The van der Waals surface area contributed by atoms with E-state index in [1.807, 2.05) is 59.7 Å². The lowest BCUT2D eigenvalue weighted by Crippen LogP contribution is -2.50. The Bertz CT molecular complexity index is 2690. The zero-order valence-electron chi connectivity index (χ0n) is 43.0. The SMILES string of the molecule is CCN(c1cc(Cl)cc(C(=O)NCc2c(C)cc(C)[nH]c2=O)c1C)C1CCC(N(C)C2CC(c3c(C)[nH]c(=O)c(CNC(=O)c4cc(Cl)cc(N(CC)C5CCC(N6CCC6)CC5)c4C)c3C)C2)CC1. The predicted molar refractivity (Wildman–Crippen MR) is 286 cm³/mol. The Balaban J connectivity index is 0.864. The van der Waals surface area contributed by atoms with E-state index in [-0.39, 0.29) is 36.0 Å². The van der Waals surface area contributed by atoms with Crippen molar-refractivity contribution in [2.75, 3.05) is 43.0 Å². The molecule has 0 atom stereocenters. The standard InChI is InChI=1S/C56H76Cl2N8O4/c1-10-65(50-28-39(57)26-46(34(50)5)53(67)59-30-48-32(3)23-33(4)61-55(48)69)43-17-13-41(14-18-43)63(9)45-24-38(25-45)52-36(7)49(56(70)62-37(52)8)31-60-54(68)47-27-40(58)29-51(35(47)6)66(11-2)44-19-15-42(16-20-44)64-21-12-22-64/h23,26-29,38,41-45H,10-22,24-25,30-31H2,1-9H3,(H,59,67)(H,60,68)(H,61,69)(H,62,70). The van der Waals surface area contributed by atoms with Gasteiger partial charge in [0, 0.05) is 111 Å². The fourth-order valence-corrected chi connectivity index (χ4v) is 13.1. The predicted octanol–water partition coefficient (Wildman–Crippen LogP) is 9.94. The summed E-state index contributed by atoms with van der Waals surface area (Å²) in [5.74, 6) is -0.151. The van der Waals surface area contributed by atoms with Gasteiger partial charge in [-0.2, -0.15) is 0 Å². The van der Waals surface area contributed by atoms with Gasteiger partial charge in [-0.3, -0.25) is 19.2 Å². The highest BCUT2D eigenvalue weighted by Crippen LogP contribution is 2.44. The normalized spacial score (nSPS) is 22.6. The molecule has 2 amide bonds. The second kappa shape index (κ2) is 22.0. The van der Waals surface area contributed by atoms with Gasteiger partial charge in [-0.05, 0) is 210 Å². The quantitative estimate of drug-likeness (QED) is 0.0872. The minimum absolute atomic E-state index is 0.132. The molecule has 1 aliphatic heterocycles. The van der Waals surface area contributed by atoms with E-state index in [0.29, 0.717) is 68.4 Å². The number of benzene rings is 2. The van der Waals surface area contributed by atoms with Crippen LogP contribution in [-0.2, 0) is 13.1 Å². The lowest BCUT2D eigenvalue weighted by molar-refractivity contribution is 0.0702. The number of likely N-dealkylation sites (tertiary alicyclic amines) is 1. The highest BCUT2D eigenvalue weighted by atomic mass is 35.5. The van der Waals surface area contributed by atoms with Crippen LogP contribution in [0.4, 0.5) is 11.4 Å². The number of halogens is 2. The van der Waals surface area contributed by atoms with Gasteiger partial charge in [-0.15, -0.1) is 0 Å². The molecule has 0 bridgehead atoms. The maximum Gasteiger partial charge on any atom is 0.253 e. The van der Waals surface area contributed by atoms with E-state index in [9.17, 15) is 19.2 Å². The molecule has 378 valence electrons. The molecule has 4 N–H and O–H groups in total. The summed E-state index contributed by atoms with van der Waals surface area (Å²) in [6.45, 7) is 20.5. The number of aryl methyl sites for hydroxylation is 3. The molecular weight excluding hydrogens is 920 g/mol. The molecule has 4 fully saturated rings. The van der Waals surface area contributed by atoms with Crippen molar-refractivity contribution in [1.82, 2.24) is 30.4 Å². The molecule has 2 aromatic carbocycles. The highest BCUT2D eigenvalue weighted by Gasteiger charge is 2.40. The van der Waals surface area contributed by atoms with E-state index in [0.717, 1.165) is 109 Å². The first-order valence-corrected chi connectivity index (χ1v) is 26.8. The van der Waals surface area contributed by atoms with Gasteiger partial charge in [0.1, 0.15) is 0 Å². The minimum Gasteiger partial charge on any atom is -0.369 e. The third-order valence-corrected chi connectivity index (χ3v) is 17.4. The van der Waals surface area contributed by atoms with Crippen LogP contribution in [0.25, 0.3) is 0 Å². The molecule has 0 spiro atoms. The summed E-state index contributed by atoms with van der Waals surface area (Å²) in [5.41, 5.74) is 10.4. The van der Waals surface area contributed by atoms with E-state index in [2.05, 4.69) is 61.1 Å². The van der Waals surface area contributed by atoms with Crippen LogP contribution in [0.1, 0.15) is 161 Å². The molecule has 12 nitrogen and oxygen atoms in total. The molecule has 4 aliphatic rings. The van der Waals surface area contributed by atoms with Crippen LogP contribution >= 0.6 is 23.2 Å². The van der Waals surface area contributed by atoms with E-state index < -0.39 is 0 Å². The number of hydrogen-bond donors (Lipinski definition) is 4. The van der Waals surface area contributed by atoms with Gasteiger partial charge < -0.3 is 40.2 Å². The number of carbonyl (C=O) groups excluding carboxylic acids is 2. The van der Waals surface area contributed by atoms with Crippen LogP contribution in [0.5, 0.6) is 0 Å². The first-order chi connectivity index (χ1) is 33.5. The lowest BCUT2D eigenvalue weighted by atomic mass is 9.72. The second-order valence-corrected chi connectivity index (χ2v) is 21.8. The van der Waals surface area contributed by atoms with Crippen molar-refractivity contribution in [2.45, 2.75) is 175 Å². The average Bonchev–Trinajstić information content (AvgIpc) is 3.28. The Labute approximate surface area is 425 Å². The first-order valence-electron chi connectivity index (χ1n) is 26.0. The Hall–Kier alpha value is -4.62. The summed E-state index contributed by atoms with van der Waals surface area (Å²) >= 11 is 13.5. The number of anilines is 2. The number of H-pyrrole nitrogens is 2. The summed E-state index contributed by atoms with van der Waals surface area (Å²) in [5, 5.41) is 7.14. The monoisotopic (exact) mass is 995 g/mol. The molecule has 0 radical (unpaired) electrons. The summed E-state index contributed by atoms with van der Waals surface area (Å²) in [6, 6.07) is 11.7. The van der Waals surface area contributed by atoms with Gasteiger partial charge >= 0.3 is 0 Å². The van der Waals surface area contributed by atoms with Crippen molar-refractivity contribution in [3.63, 3.8) is 0 Å². The number of pyridine rings is 2. The van der Waals surface area contributed by atoms with Crippen molar-refractivity contribution in [2.24, 2.45) is 0 Å². The zero-order valence-corrected chi connectivity index (χ0v) is 44.6. The molecule has 70 heavy (non-hydrogen) atoms. The minimum atomic E-state index is -0.253. The molecule has 3 heterocycles. The van der Waals surface area contributed by atoms with E-state index >= 15 is 0 Å². The maximum atomic E-state index is 14.0. The van der Waals surface area contributed by atoms with Crippen molar-refractivity contribution < 1.29 is 9.59 Å². The van der Waals surface area contributed by atoms with Gasteiger partial charge in [0.05, 0.1) is 0 Å². The van der Waals surface area contributed by atoms with Gasteiger partial charge in [-0.25, -0.2) is 0 Å². The van der Waals surface area contributed by atoms with Crippen molar-refractivity contribution in [1.29, 1.82) is 0 Å². The highest BCUT2D eigenvalue weighted by molar-refractivity contribution is 6.31. The average molecular weight is 996 g/mol. The molecule has 4 aromatic rings. The second-order valence-electron chi connectivity index (χ2n) is 21.0. The van der Waals surface area contributed by atoms with Crippen molar-refractivity contribution in [3.05, 3.63) is 123 Å². The fraction of sp³-hybridized carbons (Fsp3) is 0.571. The largest absolute Gasteiger partial charge is 0.369 e. The van der Waals surface area contributed by atoms with Crippen molar-refractivity contribution >= 4 is 46.4 Å². The summed E-state index contributed by atoms with van der Waals surface area (Å²) in [6.07, 6.45) is 12.2. The molecule has 0 unspecified atom stereocenters. The third kappa shape index (κ3) is 10.8. The number of hydrogen-bond acceptors (Lipinski definition) is 8. The Morgan fingerprint density at radius 3 is 1.61 bits per heavy atom. The van der Waals surface area contributed by atoms with Crippen LogP contribution in [0.2, 0.25) is 10.0 Å². The molecule has 3 aliphatic carbocycles. The maximum absolute atomic E-state index is 14.0. The fourth-order valence-electron chi connectivity index (χ4n) is 12.7. The van der Waals surface area contributed by atoms with Crippen LogP contribution in [0.3, 0.4) is 0 Å². The van der Waals surface area contributed by atoms with Gasteiger partial charge in [0.15, 0.2) is 0 Å². The molecule has 1 saturated heterocycles. The first kappa shape index (κ1) is 51.7. The summed E-state index contributed by atoms with van der Waals surface area (Å²) < 4.78 is 0. The van der Waals surface area contributed by atoms with E-state index in [4.69, 9.17) is 23.2 Å². The summed E-state index contributed by atoms with van der Waals surface area (Å²) in [4.78, 5) is 69.8. The van der Waals surface area contributed by atoms with Crippen LogP contribution < -0.4 is 31.6 Å². The Kier molecular flexibility index (Phi) is 16.3. The molecule has 3 saturated carbocycles. The van der Waals surface area contributed by atoms with Crippen LogP contribution in [0.15, 0.2) is 39.9 Å². The number of nitrogens with one attached hydrogen (secondary N) is 4. The van der Waals surface area contributed by atoms with Gasteiger partial charge in [-0.1, -0.05) is 23.2 Å². The zero-order chi connectivity index (χ0) is 50.1. The summed E-state index contributed by atoms with van der Waals surface area (Å²) in [7, 11) is 2.27.